The van der Waals surface area contributed by atoms with Crippen molar-refractivity contribution in [2.45, 2.75) is 247 Å². The van der Waals surface area contributed by atoms with Gasteiger partial charge in [0.2, 0.25) is 11.8 Å². The van der Waals surface area contributed by atoms with Crippen molar-refractivity contribution in [3.8, 4) is 0 Å². The van der Waals surface area contributed by atoms with Gasteiger partial charge in [0.15, 0.2) is 0 Å². The van der Waals surface area contributed by atoms with Crippen LogP contribution >= 0.6 is 0 Å². The van der Waals surface area contributed by atoms with Crippen molar-refractivity contribution in [1.29, 1.82) is 0 Å². The molecule has 0 saturated carbocycles. The molecule has 0 atom stereocenters. The fourth-order valence-electron chi connectivity index (χ4n) is 5.66. The van der Waals surface area contributed by atoms with Gasteiger partial charge in [-0.05, 0) is 26.7 Å². The first-order chi connectivity index (χ1) is 22.0. The molecule has 0 saturated heterocycles. The summed E-state index contributed by atoms with van der Waals surface area (Å²) in [5.41, 5.74) is 0. The lowest BCUT2D eigenvalue weighted by Crippen LogP contribution is -2.29. The van der Waals surface area contributed by atoms with Crippen LogP contribution in [0.4, 0.5) is 0 Å². The Morgan fingerprint density at radius 1 is 0.400 bits per heavy atom. The molecule has 0 aromatic carbocycles. The summed E-state index contributed by atoms with van der Waals surface area (Å²) >= 11 is 0. The Balaban J connectivity index is -0.000000749. The molecule has 0 heterocycles. The fraction of sp³-hybridized carbons (Fsp3) is 0.951. The molecular formula is C41H86N2O2. The van der Waals surface area contributed by atoms with Gasteiger partial charge in [0.05, 0.1) is 0 Å². The molecule has 2 N–H and O–H groups in total. The highest BCUT2D eigenvalue weighted by Crippen LogP contribution is 2.15. The summed E-state index contributed by atoms with van der Waals surface area (Å²) in [5, 5.41) is 5.63. The van der Waals surface area contributed by atoms with Crippen molar-refractivity contribution in [2.24, 2.45) is 0 Å². The predicted molar refractivity (Wildman–Crippen MR) is 203 cm³/mol. The van der Waals surface area contributed by atoms with Gasteiger partial charge in [-0.15, -0.1) is 0 Å². The topological polar surface area (TPSA) is 58.2 Å². The average Bonchev–Trinajstić information content (AvgIpc) is 3.03. The zero-order valence-corrected chi connectivity index (χ0v) is 32.3. The number of carbonyl (C=O) groups excluding carboxylic acids is 2. The van der Waals surface area contributed by atoms with Gasteiger partial charge in [0.1, 0.15) is 0 Å². The lowest BCUT2D eigenvalue weighted by atomic mass is 10.0. The molecule has 272 valence electrons. The molecule has 0 aliphatic carbocycles. The summed E-state index contributed by atoms with van der Waals surface area (Å²) in [4.78, 5) is 22.5. The zero-order valence-electron chi connectivity index (χ0n) is 32.3. The normalized spacial score (nSPS) is 10.6. The van der Waals surface area contributed by atoms with E-state index in [0.717, 1.165) is 12.8 Å². The molecule has 4 nitrogen and oxygen atoms in total. The summed E-state index contributed by atoms with van der Waals surface area (Å²) in [6.45, 7) is 12.6. The fourth-order valence-corrected chi connectivity index (χ4v) is 5.66. The molecule has 0 bridgehead atoms. The van der Waals surface area contributed by atoms with Crippen LogP contribution in [0.5, 0.6) is 0 Å². The SMILES string of the molecule is CC.CCCCCCCCCCCCCCCCC(=O)NC.CCCCCCCCCCCCCCCCCC(=O)NC(C)C. The summed E-state index contributed by atoms with van der Waals surface area (Å²) in [6, 6.07) is 0.277. The molecule has 0 aromatic rings. The average molecular weight is 639 g/mol. The van der Waals surface area contributed by atoms with E-state index in [2.05, 4.69) is 24.5 Å². The molecule has 0 aliphatic heterocycles. The zero-order chi connectivity index (χ0) is 34.1. The summed E-state index contributed by atoms with van der Waals surface area (Å²) in [7, 11) is 1.71. The third kappa shape index (κ3) is 50.0. The van der Waals surface area contributed by atoms with Crippen molar-refractivity contribution in [1.82, 2.24) is 10.6 Å². The van der Waals surface area contributed by atoms with Crippen LogP contribution < -0.4 is 10.6 Å². The van der Waals surface area contributed by atoms with E-state index in [0.29, 0.717) is 12.8 Å². The van der Waals surface area contributed by atoms with E-state index in [1.54, 1.807) is 7.05 Å². The molecule has 0 fully saturated rings. The maximum atomic E-state index is 11.5. The molecule has 2 amide bonds. The van der Waals surface area contributed by atoms with Crippen molar-refractivity contribution >= 4 is 11.8 Å². The molecular weight excluding hydrogens is 552 g/mol. The smallest absolute Gasteiger partial charge is 0.220 e. The van der Waals surface area contributed by atoms with Gasteiger partial charge in [-0.2, -0.15) is 0 Å². The minimum absolute atomic E-state index is 0.184. The second kappa shape index (κ2) is 45.1. The minimum atomic E-state index is 0.184. The van der Waals surface area contributed by atoms with Crippen LogP contribution in [-0.4, -0.2) is 24.9 Å². The van der Waals surface area contributed by atoms with E-state index >= 15 is 0 Å². The summed E-state index contributed by atoms with van der Waals surface area (Å²) in [6.07, 6.45) is 41.1. The molecule has 0 radical (unpaired) electrons. The lowest BCUT2D eigenvalue weighted by molar-refractivity contribution is -0.122. The quantitative estimate of drug-likeness (QED) is 0.0720. The number of amides is 2. The number of hydrogen-bond donors (Lipinski definition) is 2. The Labute approximate surface area is 285 Å². The monoisotopic (exact) mass is 639 g/mol. The highest BCUT2D eigenvalue weighted by Gasteiger charge is 2.02. The minimum Gasteiger partial charge on any atom is -0.359 e. The van der Waals surface area contributed by atoms with Crippen molar-refractivity contribution in [3.63, 3.8) is 0 Å². The van der Waals surface area contributed by atoms with Crippen molar-refractivity contribution in [2.75, 3.05) is 7.05 Å². The largest absolute Gasteiger partial charge is 0.359 e. The second-order valence-electron chi connectivity index (χ2n) is 13.4. The Bertz CT molecular complexity index is 550. The van der Waals surface area contributed by atoms with Crippen molar-refractivity contribution in [3.05, 3.63) is 0 Å². The number of hydrogen-bond acceptors (Lipinski definition) is 2. The summed E-state index contributed by atoms with van der Waals surface area (Å²) in [5.74, 6) is 0.402. The summed E-state index contributed by atoms with van der Waals surface area (Å²) < 4.78 is 0. The van der Waals surface area contributed by atoms with Crippen LogP contribution in [-0.2, 0) is 9.59 Å². The van der Waals surface area contributed by atoms with E-state index in [1.165, 1.54) is 173 Å². The van der Waals surface area contributed by atoms with E-state index in [1.807, 2.05) is 27.7 Å². The third-order valence-electron chi connectivity index (χ3n) is 8.49. The highest BCUT2D eigenvalue weighted by molar-refractivity contribution is 5.76. The van der Waals surface area contributed by atoms with Crippen LogP contribution in [0.1, 0.15) is 241 Å². The van der Waals surface area contributed by atoms with E-state index in [4.69, 9.17) is 0 Å². The van der Waals surface area contributed by atoms with Gasteiger partial charge in [-0.3, -0.25) is 9.59 Å². The second-order valence-corrected chi connectivity index (χ2v) is 13.4. The van der Waals surface area contributed by atoms with Crippen LogP contribution in [0.2, 0.25) is 0 Å². The first-order valence-corrected chi connectivity index (χ1v) is 20.5. The number of nitrogens with one attached hydrogen (secondary N) is 2. The predicted octanol–water partition coefficient (Wildman–Crippen LogP) is 13.4. The molecule has 0 aromatic heterocycles. The highest BCUT2D eigenvalue weighted by atomic mass is 16.2. The Kier molecular flexibility index (Phi) is 48.4. The van der Waals surface area contributed by atoms with Crippen molar-refractivity contribution < 1.29 is 9.59 Å². The van der Waals surface area contributed by atoms with Crippen LogP contribution in [0.25, 0.3) is 0 Å². The Morgan fingerprint density at radius 2 is 0.622 bits per heavy atom. The van der Waals surface area contributed by atoms with Crippen LogP contribution in [0, 0.1) is 0 Å². The molecule has 0 spiro atoms. The van der Waals surface area contributed by atoms with Crippen LogP contribution in [0.3, 0.4) is 0 Å². The maximum absolute atomic E-state index is 11.5. The van der Waals surface area contributed by atoms with Gasteiger partial charge in [-0.25, -0.2) is 0 Å². The lowest BCUT2D eigenvalue weighted by Gasteiger charge is -2.07. The molecule has 0 aliphatic rings. The number of rotatable bonds is 32. The molecule has 4 heteroatoms. The third-order valence-corrected chi connectivity index (χ3v) is 8.49. The maximum Gasteiger partial charge on any atom is 0.220 e. The molecule has 0 unspecified atom stereocenters. The van der Waals surface area contributed by atoms with E-state index < -0.39 is 0 Å². The van der Waals surface area contributed by atoms with Gasteiger partial charge in [0, 0.05) is 25.9 Å². The van der Waals surface area contributed by atoms with E-state index in [9.17, 15) is 9.59 Å². The standard InChI is InChI=1S/C21H43NO.C18H37NO.C2H6/c1-4-5-6-7-8-9-10-11-12-13-14-15-16-17-18-19-21(23)22-20(2)3;1-3-4-5-6-7-8-9-10-11-12-13-14-15-16-17-18(20)19-2;1-2/h20H,4-19H2,1-3H3,(H,22,23);3-17H2,1-2H3,(H,19,20);1-2H3. The Hall–Kier alpha value is -1.06. The van der Waals surface area contributed by atoms with Gasteiger partial charge >= 0.3 is 0 Å². The molecule has 0 rings (SSSR count). The van der Waals surface area contributed by atoms with Gasteiger partial charge in [-0.1, -0.05) is 201 Å². The van der Waals surface area contributed by atoms with E-state index in [-0.39, 0.29) is 17.9 Å². The first-order valence-electron chi connectivity index (χ1n) is 20.5. The number of carbonyl (C=O) groups is 2. The first kappa shape index (κ1) is 48.3. The van der Waals surface area contributed by atoms with Crippen LogP contribution in [0.15, 0.2) is 0 Å². The Morgan fingerprint density at radius 3 is 0.844 bits per heavy atom. The van der Waals surface area contributed by atoms with Gasteiger partial charge in [0.25, 0.3) is 0 Å². The molecule has 45 heavy (non-hydrogen) atoms. The number of unbranched alkanes of at least 4 members (excludes halogenated alkanes) is 27. The van der Waals surface area contributed by atoms with Gasteiger partial charge < -0.3 is 10.6 Å².